The lowest BCUT2D eigenvalue weighted by molar-refractivity contribution is 0.0365. The second-order valence-corrected chi connectivity index (χ2v) is 9.02. The van der Waals surface area contributed by atoms with Crippen molar-refractivity contribution >= 4 is 17.3 Å². The van der Waals surface area contributed by atoms with Crippen molar-refractivity contribution in [2.45, 2.75) is 18.5 Å². The van der Waals surface area contributed by atoms with Crippen LogP contribution in [0.3, 0.4) is 0 Å². The average molecular weight is 478 g/mol. The first-order chi connectivity index (χ1) is 16.7. The summed E-state index contributed by atoms with van der Waals surface area (Å²) in [4.78, 5) is 9.48. The maximum absolute atomic E-state index is 5.86. The topological polar surface area (TPSA) is 54.8 Å². The van der Waals surface area contributed by atoms with Gasteiger partial charge in [0, 0.05) is 50.0 Å². The van der Waals surface area contributed by atoms with Crippen molar-refractivity contribution in [2.24, 2.45) is 0 Å². The van der Waals surface area contributed by atoms with E-state index in [1.165, 1.54) is 5.69 Å². The van der Waals surface area contributed by atoms with Crippen LogP contribution >= 0.6 is 12.2 Å². The lowest BCUT2D eigenvalue weighted by atomic mass is 10.0. The molecule has 0 aliphatic carbocycles. The van der Waals surface area contributed by atoms with Crippen molar-refractivity contribution in [3.8, 4) is 11.4 Å². The Morgan fingerprint density at radius 3 is 2.62 bits per heavy atom. The molecule has 178 valence electrons. The fourth-order valence-corrected chi connectivity index (χ4v) is 5.20. The first-order valence-electron chi connectivity index (χ1n) is 11.8. The van der Waals surface area contributed by atoms with Crippen molar-refractivity contribution in [1.29, 1.82) is 0 Å². The molecular formula is C26H31N5O2S. The Labute approximate surface area is 206 Å². The summed E-state index contributed by atoms with van der Waals surface area (Å²) >= 11 is 5.86. The summed E-state index contributed by atoms with van der Waals surface area (Å²) in [7, 11) is 1.69. The summed E-state index contributed by atoms with van der Waals surface area (Å²) in [6, 6.07) is 18.5. The number of hydrogen-bond donors (Lipinski definition) is 1. The fourth-order valence-electron chi connectivity index (χ4n) is 4.87. The molecule has 2 fully saturated rings. The number of rotatable bonds is 8. The summed E-state index contributed by atoms with van der Waals surface area (Å²) in [5.41, 5.74) is 3.26. The van der Waals surface area contributed by atoms with Gasteiger partial charge in [-0.15, -0.1) is 0 Å². The van der Waals surface area contributed by atoms with Gasteiger partial charge in [-0.3, -0.25) is 9.88 Å². The van der Waals surface area contributed by atoms with E-state index in [1.54, 1.807) is 7.11 Å². The van der Waals surface area contributed by atoms with Crippen LogP contribution in [0.5, 0.6) is 5.75 Å². The van der Waals surface area contributed by atoms with Gasteiger partial charge in [-0.2, -0.15) is 0 Å². The zero-order chi connectivity index (χ0) is 23.3. The molecule has 34 heavy (non-hydrogen) atoms. The number of methoxy groups -OCH3 is 1. The molecule has 0 radical (unpaired) electrons. The summed E-state index contributed by atoms with van der Waals surface area (Å²) in [5, 5.41) is 4.35. The molecule has 7 nitrogen and oxygen atoms in total. The van der Waals surface area contributed by atoms with Crippen LogP contribution in [0, 0.1) is 0 Å². The fraction of sp³-hybridized carbons (Fsp3) is 0.385. The minimum atomic E-state index is -0.0241. The predicted octanol–water partition coefficient (Wildman–Crippen LogP) is 3.58. The molecule has 2 aliphatic heterocycles. The van der Waals surface area contributed by atoms with Gasteiger partial charge >= 0.3 is 0 Å². The van der Waals surface area contributed by atoms with Gasteiger partial charge in [-0.25, -0.2) is 0 Å². The SMILES string of the molecule is COc1ccc(-n2cccc2[C@@H]2[C@@H](c3ccccn3)NC(=S)N2CCCN2CCOCC2)cc1. The van der Waals surface area contributed by atoms with Crippen LogP contribution in [0.1, 0.15) is 29.9 Å². The molecule has 2 aromatic heterocycles. The molecule has 1 aromatic carbocycles. The van der Waals surface area contributed by atoms with Crippen molar-refractivity contribution in [2.75, 3.05) is 46.5 Å². The molecule has 0 unspecified atom stereocenters. The van der Waals surface area contributed by atoms with E-state index in [0.29, 0.717) is 0 Å². The molecule has 2 atom stereocenters. The summed E-state index contributed by atoms with van der Waals surface area (Å²) in [6.07, 6.45) is 5.00. The third-order valence-electron chi connectivity index (χ3n) is 6.61. The van der Waals surface area contributed by atoms with Crippen LogP contribution in [-0.2, 0) is 4.74 Å². The molecule has 0 bridgehead atoms. The van der Waals surface area contributed by atoms with Crippen molar-refractivity contribution in [3.63, 3.8) is 0 Å². The van der Waals surface area contributed by atoms with Crippen molar-refractivity contribution < 1.29 is 9.47 Å². The molecule has 0 saturated carbocycles. The van der Waals surface area contributed by atoms with Gasteiger partial charge in [0.05, 0.1) is 38.1 Å². The van der Waals surface area contributed by atoms with E-state index in [0.717, 1.165) is 68.1 Å². The monoisotopic (exact) mass is 477 g/mol. The third kappa shape index (κ3) is 4.80. The average Bonchev–Trinajstić information content (AvgIpc) is 3.50. The number of nitrogens with zero attached hydrogens (tertiary/aromatic N) is 4. The molecule has 5 rings (SSSR count). The van der Waals surface area contributed by atoms with Crippen LogP contribution in [0.2, 0.25) is 0 Å². The maximum atomic E-state index is 5.86. The zero-order valence-corrected chi connectivity index (χ0v) is 20.3. The molecule has 3 aromatic rings. The Hall–Kier alpha value is -2.94. The molecule has 8 heteroatoms. The van der Waals surface area contributed by atoms with Gasteiger partial charge in [0.15, 0.2) is 5.11 Å². The van der Waals surface area contributed by atoms with Gasteiger partial charge in [-0.05, 0) is 67.2 Å². The summed E-state index contributed by atoms with van der Waals surface area (Å²) < 4.78 is 13.1. The lowest BCUT2D eigenvalue weighted by Crippen LogP contribution is -2.39. The highest BCUT2D eigenvalue weighted by atomic mass is 32.1. The van der Waals surface area contributed by atoms with E-state index < -0.39 is 0 Å². The van der Waals surface area contributed by atoms with Crippen LogP contribution in [0.4, 0.5) is 0 Å². The van der Waals surface area contributed by atoms with Crippen molar-refractivity contribution in [3.05, 3.63) is 78.4 Å². The quantitative estimate of drug-likeness (QED) is 0.498. The van der Waals surface area contributed by atoms with Crippen LogP contribution < -0.4 is 10.1 Å². The lowest BCUT2D eigenvalue weighted by Gasteiger charge is -2.31. The standard InChI is InChI=1S/C26H31N5O2S/c1-32-21-10-8-20(9-11-21)30-14-4-7-23(30)25-24(22-6-2-3-12-27-22)28-26(34)31(25)15-5-13-29-16-18-33-19-17-29/h2-4,6-12,14,24-25H,5,13,15-19H2,1H3,(H,28,34)/t24-,25-/m1/s1. The van der Waals surface area contributed by atoms with E-state index >= 15 is 0 Å². The number of pyridine rings is 1. The van der Waals surface area contributed by atoms with Crippen LogP contribution in [0.25, 0.3) is 5.69 Å². The summed E-state index contributed by atoms with van der Waals surface area (Å²) in [5.74, 6) is 0.845. The molecule has 2 aliphatic rings. The number of hydrogen-bond acceptors (Lipinski definition) is 5. The third-order valence-corrected chi connectivity index (χ3v) is 6.96. The maximum Gasteiger partial charge on any atom is 0.170 e. The van der Waals surface area contributed by atoms with E-state index in [-0.39, 0.29) is 12.1 Å². The van der Waals surface area contributed by atoms with Crippen LogP contribution in [-0.4, -0.2) is 71.0 Å². The smallest absolute Gasteiger partial charge is 0.170 e. The second-order valence-electron chi connectivity index (χ2n) is 8.63. The number of morpholine rings is 1. The second kappa shape index (κ2) is 10.5. The Bertz CT molecular complexity index is 1080. The number of ether oxygens (including phenoxy) is 2. The highest BCUT2D eigenvalue weighted by Gasteiger charge is 2.41. The van der Waals surface area contributed by atoms with Gasteiger partial charge < -0.3 is 24.3 Å². The minimum Gasteiger partial charge on any atom is -0.497 e. The molecule has 2 saturated heterocycles. The Kier molecular flexibility index (Phi) is 7.08. The number of nitrogens with one attached hydrogen (secondary N) is 1. The Morgan fingerprint density at radius 1 is 1.06 bits per heavy atom. The van der Waals surface area contributed by atoms with E-state index in [4.69, 9.17) is 21.7 Å². The van der Waals surface area contributed by atoms with Gasteiger partial charge in [0.25, 0.3) is 0 Å². The highest BCUT2D eigenvalue weighted by Crippen LogP contribution is 2.39. The molecule has 0 amide bonds. The highest BCUT2D eigenvalue weighted by molar-refractivity contribution is 7.80. The Balaban J connectivity index is 1.43. The molecular weight excluding hydrogens is 446 g/mol. The number of aromatic nitrogens is 2. The van der Waals surface area contributed by atoms with Crippen molar-refractivity contribution in [1.82, 2.24) is 24.7 Å². The largest absolute Gasteiger partial charge is 0.497 e. The normalized spacial score (nSPS) is 21.0. The van der Waals surface area contributed by atoms with Gasteiger partial charge in [-0.1, -0.05) is 6.07 Å². The van der Waals surface area contributed by atoms with E-state index in [2.05, 4.69) is 61.2 Å². The number of benzene rings is 1. The van der Waals surface area contributed by atoms with E-state index in [9.17, 15) is 0 Å². The summed E-state index contributed by atoms with van der Waals surface area (Å²) in [6.45, 7) is 5.58. The number of thiocarbonyl (C=S) groups is 1. The Morgan fingerprint density at radius 2 is 1.88 bits per heavy atom. The molecule has 0 spiro atoms. The van der Waals surface area contributed by atoms with Gasteiger partial charge in [0.1, 0.15) is 5.75 Å². The zero-order valence-electron chi connectivity index (χ0n) is 19.5. The van der Waals surface area contributed by atoms with Gasteiger partial charge in [0.2, 0.25) is 0 Å². The predicted molar refractivity (Wildman–Crippen MR) is 136 cm³/mol. The van der Waals surface area contributed by atoms with Crippen LogP contribution in [0.15, 0.2) is 67.0 Å². The molecule has 1 N–H and O–H groups in total. The van der Waals surface area contributed by atoms with E-state index in [1.807, 2.05) is 30.5 Å². The molecule has 4 heterocycles. The minimum absolute atomic E-state index is 0.0241. The first kappa shape index (κ1) is 22.8. The first-order valence-corrected chi connectivity index (χ1v) is 12.3.